The molecule has 0 aromatic heterocycles. The normalized spacial score (nSPS) is 20.6. The minimum Gasteiger partial charge on any atom is -0.496 e. The Bertz CT molecular complexity index is 644. The van der Waals surface area contributed by atoms with Crippen molar-refractivity contribution in [2.24, 2.45) is 10.9 Å². The summed E-state index contributed by atoms with van der Waals surface area (Å²) in [7, 11) is 3.59. The van der Waals surface area contributed by atoms with Gasteiger partial charge in [-0.25, -0.2) is 0 Å². The molecule has 0 spiro atoms. The van der Waals surface area contributed by atoms with Crippen LogP contribution in [0.4, 0.5) is 0 Å². The molecule has 7 heteroatoms. The van der Waals surface area contributed by atoms with E-state index in [9.17, 15) is 0 Å². The number of para-hydroxylation sites is 1. The molecule has 0 bridgehead atoms. The number of halogens is 1. The Hall–Kier alpha value is -1.06. The fourth-order valence-electron chi connectivity index (χ4n) is 4.50. The zero-order chi connectivity index (χ0) is 20.4. The molecule has 1 saturated carbocycles. The maximum absolute atomic E-state index is 5.78. The summed E-state index contributed by atoms with van der Waals surface area (Å²) in [5, 5.41) is 6.99. The summed E-state index contributed by atoms with van der Waals surface area (Å²) in [6, 6.07) is 8.44. The largest absolute Gasteiger partial charge is 0.496 e. The van der Waals surface area contributed by atoms with E-state index in [1.54, 1.807) is 7.11 Å². The van der Waals surface area contributed by atoms with Crippen LogP contribution in [0, 0.1) is 5.92 Å². The lowest BCUT2D eigenvalue weighted by molar-refractivity contribution is 0.0888. The Kier molecular flexibility index (Phi) is 11.2. The van der Waals surface area contributed by atoms with E-state index >= 15 is 0 Å². The standard InChI is InChI=1S/C23H37N3O3.HI/c1-24-22(25-13-7-14-28-16-19-10-15-29-17-19)26-18-23(11-5-6-12-23)20-8-3-4-9-21(20)27-2;/h3-4,8-9,19H,5-7,10-18H2,1-2H3,(H2,24,25,26);1H. The number of methoxy groups -OCH3 is 1. The third kappa shape index (κ3) is 6.99. The maximum Gasteiger partial charge on any atom is 0.191 e. The highest BCUT2D eigenvalue weighted by molar-refractivity contribution is 14.0. The number of ether oxygens (including phenoxy) is 3. The number of benzene rings is 1. The first kappa shape index (κ1) is 25.2. The van der Waals surface area contributed by atoms with Gasteiger partial charge < -0.3 is 24.8 Å². The molecule has 1 aliphatic carbocycles. The van der Waals surface area contributed by atoms with Crippen LogP contribution in [0.25, 0.3) is 0 Å². The van der Waals surface area contributed by atoms with E-state index < -0.39 is 0 Å². The summed E-state index contributed by atoms with van der Waals surface area (Å²) < 4.78 is 16.8. The van der Waals surface area contributed by atoms with E-state index in [-0.39, 0.29) is 29.4 Å². The zero-order valence-corrected chi connectivity index (χ0v) is 20.8. The molecule has 3 rings (SSSR count). The Labute approximate surface area is 198 Å². The minimum absolute atomic E-state index is 0. The minimum atomic E-state index is 0. The number of aliphatic imine (C=N–C) groups is 1. The Morgan fingerprint density at radius 3 is 2.73 bits per heavy atom. The lowest BCUT2D eigenvalue weighted by Crippen LogP contribution is -2.45. The molecule has 1 heterocycles. The molecule has 1 aromatic rings. The first-order chi connectivity index (χ1) is 14.3. The second kappa shape index (κ2) is 13.4. The maximum atomic E-state index is 5.78. The summed E-state index contributed by atoms with van der Waals surface area (Å²) in [4.78, 5) is 4.40. The van der Waals surface area contributed by atoms with Crippen molar-refractivity contribution in [3.63, 3.8) is 0 Å². The average molecular weight is 531 g/mol. The second-order valence-corrected chi connectivity index (χ2v) is 8.20. The summed E-state index contributed by atoms with van der Waals surface area (Å²) in [6.45, 7) is 5.03. The Morgan fingerprint density at radius 2 is 2.03 bits per heavy atom. The van der Waals surface area contributed by atoms with Crippen molar-refractivity contribution >= 4 is 29.9 Å². The molecule has 2 N–H and O–H groups in total. The van der Waals surface area contributed by atoms with Crippen LogP contribution in [0.1, 0.15) is 44.1 Å². The average Bonchev–Trinajstić information content (AvgIpc) is 3.45. The molecule has 1 unspecified atom stereocenters. The molecule has 1 aromatic carbocycles. The van der Waals surface area contributed by atoms with Crippen LogP contribution >= 0.6 is 24.0 Å². The highest BCUT2D eigenvalue weighted by Gasteiger charge is 2.37. The summed E-state index contributed by atoms with van der Waals surface area (Å²) >= 11 is 0. The van der Waals surface area contributed by atoms with Gasteiger partial charge in [0.2, 0.25) is 0 Å². The molecule has 1 aliphatic heterocycles. The van der Waals surface area contributed by atoms with E-state index in [0.717, 1.165) is 64.1 Å². The van der Waals surface area contributed by atoms with E-state index in [4.69, 9.17) is 14.2 Å². The molecule has 2 fully saturated rings. The zero-order valence-electron chi connectivity index (χ0n) is 18.5. The molecular weight excluding hydrogens is 493 g/mol. The van der Waals surface area contributed by atoms with Crippen molar-refractivity contribution in [3.8, 4) is 5.75 Å². The van der Waals surface area contributed by atoms with Gasteiger partial charge in [-0.2, -0.15) is 0 Å². The SMILES string of the molecule is CN=C(NCCCOCC1CCOC1)NCC1(c2ccccc2OC)CCCC1.I. The molecule has 1 saturated heterocycles. The van der Waals surface area contributed by atoms with Crippen LogP contribution in [-0.2, 0) is 14.9 Å². The smallest absolute Gasteiger partial charge is 0.191 e. The highest BCUT2D eigenvalue weighted by Crippen LogP contribution is 2.44. The number of rotatable bonds is 10. The molecule has 6 nitrogen and oxygen atoms in total. The predicted octanol–water partition coefficient (Wildman–Crippen LogP) is 3.73. The van der Waals surface area contributed by atoms with Crippen LogP contribution in [0.2, 0.25) is 0 Å². The highest BCUT2D eigenvalue weighted by atomic mass is 127. The van der Waals surface area contributed by atoms with Crippen molar-refractivity contribution < 1.29 is 14.2 Å². The van der Waals surface area contributed by atoms with E-state index in [0.29, 0.717) is 5.92 Å². The van der Waals surface area contributed by atoms with Crippen molar-refractivity contribution in [2.45, 2.75) is 43.9 Å². The van der Waals surface area contributed by atoms with E-state index in [1.807, 2.05) is 13.1 Å². The molecule has 2 aliphatic rings. The van der Waals surface area contributed by atoms with Gasteiger partial charge in [0.15, 0.2) is 5.96 Å². The third-order valence-electron chi connectivity index (χ3n) is 6.19. The van der Waals surface area contributed by atoms with Crippen molar-refractivity contribution in [3.05, 3.63) is 29.8 Å². The molecule has 1 atom stereocenters. The fourth-order valence-corrected chi connectivity index (χ4v) is 4.50. The predicted molar refractivity (Wildman–Crippen MR) is 132 cm³/mol. The molecule has 30 heavy (non-hydrogen) atoms. The summed E-state index contributed by atoms with van der Waals surface area (Å²) in [5.74, 6) is 2.43. The van der Waals surface area contributed by atoms with Crippen molar-refractivity contribution in [1.82, 2.24) is 10.6 Å². The number of guanidine groups is 1. The first-order valence-corrected chi connectivity index (χ1v) is 11.0. The molecule has 0 radical (unpaired) electrons. The second-order valence-electron chi connectivity index (χ2n) is 8.20. The van der Waals surface area contributed by atoms with Gasteiger partial charge in [0.25, 0.3) is 0 Å². The van der Waals surface area contributed by atoms with Gasteiger partial charge in [0.1, 0.15) is 5.75 Å². The molecule has 170 valence electrons. The Morgan fingerprint density at radius 1 is 1.23 bits per heavy atom. The fraction of sp³-hybridized carbons (Fsp3) is 0.696. The van der Waals surface area contributed by atoms with Gasteiger partial charge in [-0.15, -0.1) is 24.0 Å². The number of hydrogen-bond acceptors (Lipinski definition) is 4. The van der Waals surface area contributed by atoms with Crippen LogP contribution in [0.15, 0.2) is 29.3 Å². The lowest BCUT2D eigenvalue weighted by Gasteiger charge is -2.32. The van der Waals surface area contributed by atoms with Gasteiger partial charge in [-0.3, -0.25) is 4.99 Å². The van der Waals surface area contributed by atoms with Crippen LogP contribution in [-0.4, -0.2) is 59.6 Å². The van der Waals surface area contributed by atoms with Crippen LogP contribution in [0.3, 0.4) is 0 Å². The van der Waals surface area contributed by atoms with Crippen molar-refractivity contribution in [1.29, 1.82) is 0 Å². The van der Waals surface area contributed by atoms with Crippen molar-refractivity contribution in [2.75, 3.05) is 53.7 Å². The Balaban J connectivity index is 0.00000320. The number of nitrogens with zero attached hydrogens (tertiary/aromatic N) is 1. The van der Waals surface area contributed by atoms with Crippen LogP contribution in [0.5, 0.6) is 5.75 Å². The topological polar surface area (TPSA) is 64.1 Å². The van der Waals surface area contributed by atoms with Gasteiger partial charge in [-0.1, -0.05) is 31.0 Å². The molecular formula is C23H38IN3O3. The van der Waals surface area contributed by atoms with Gasteiger partial charge >= 0.3 is 0 Å². The van der Waals surface area contributed by atoms with E-state index in [1.165, 1.54) is 31.2 Å². The lowest BCUT2D eigenvalue weighted by atomic mass is 9.78. The first-order valence-electron chi connectivity index (χ1n) is 11.0. The van der Waals surface area contributed by atoms with Crippen LogP contribution < -0.4 is 15.4 Å². The number of hydrogen-bond donors (Lipinski definition) is 2. The van der Waals surface area contributed by atoms with Gasteiger partial charge in [0.05, 0.1) is 20.3 Å². The third-order valence-corrected chi connectivity index (χ3v) is 6.19. The quantitative estimate of drug-likeness (QED) is 0.209. The van der Waals surface area contributed by atoms with Gasteiger partial charge in [0, 0.05) is 50.2 Å². The summed E-state index contributed by atoms with van der Waals surface area (Å²) in [5.41, 5.74) is 1.42. The molecule has 0 amide bonds. The number of nitrogens with one attached hydrogen (secondary N) is 2. The van der Waals surface area contributed by atoms with E-state index in [2.05, 4.69) is 33.8 Å². The summed E-state index contributed by atoms with van der Waals surface area (Å²) in [6.07, 6.45) is 6.96. The monoisotopic (exact) mass is 531 g/mol. The van der Waals surface area contributed by atoms with Gasteiger partial charge in [-0.05, 0) is 31.7 Å².